The van der Waals surface area contributed by atoms with Crippen LogP contribution in [0, 0.1) is 0 Å². The second kappa shape index (κ2) is 6.19. The Kier molecular flexibility index (Phi) is 4.56. The number of ether oxygens (including phenoxy) is 2. The molecule has 4 atom stereocenters. The van der Waals surface area contributed by atoms with Crippen LogP contribution < -0.4 is 0 Å². The van der Waals surface area contributed by atoms with Crippen LogP contribution in [0.2, 0.25) is 0 Å². The fourth-order valence-electron chi connectivity index (χ4n) is 3.83. The summed E-state index contributed by atoms with van der Waals surface area (Å²) in [6.45, 7) is 11.0. The highest BCUT2D eigenvalue weighted by Gasteiger charge is 2.50. The number of rotatable bonds is 0. The van der Waals surface area contributed by atoms with Gasteiger partial charge in [-0.1, -0.05) is 29.9 Å². The van der Waals surface area contributed by atoms with E-state index < -0.39 is 5.60 Å². The predicted octanol–water partition coefficient (Wildman–Crippen LogP) is 4.08. The van der Waals surface area contributed by atoms with Crippen molar-refractivity contribution in [1.29, 1.82) is 0 Å². The first kappa shape index (κ1) is 16.9. The zero-order valence-electron chi connectivity index (χ0n) is 14.7. The molecule has 1 aliphatic carbocycles. The molecule has 0 saturated carbocycles. The van der Waals surface area contributed by atoms with Gasteiger partial charge < -0.3 is 14.6 Å². The van der Waals surface area contributed by atoms with Gasteiger partial charge in [0.1, 0.15) is 11.7 Å². The van der Waals surface area contributed by atoms with Gasteiger partial charge in [0.25, 0.3) is 0 Å². The number of aliphatic hydroxyl groups is 1. The Hall–Kier alpha value is -0.900. The molecule has 2 fully saturated rings. The van der Waals surface area contributed by atoms with Crippen molar-refractivity contribution in [3.8, 4) is 0 Å². The molecule has 2 saturated heterocycles. The summed E-state index contributed by atoms with van der Waals surface area (Å²) in [6, 6.07) is 0. The molecule has 0 spiro atoms. The lowest BCUT2D eigenvalue weighted by molar-refractivity contribution is -0.00624. The third kappa shape index (κ3) is 3.47. The van der Waals surface area contributed by atoms with E-state index in [2.05, 4.69) is 39.5 Å². The molecule has 2 heterocycles. The highest BCUT2D eigenvalue weighted by atomic mass is 16.6. The number of allylic oxidation sites excluding steroid dienone is 3. The molecule has 0 unspecified atom stereocenters. The Labute approximate surface area is 140 Å². The van der Waals surface area contributed by atoms with E-state index >= 15 is 0 Å². The van der Waals surface area contributed by atoms with Crippen LogP contribution in [-0.4, -0.2) is 35.1 Å². The molecule has 128 valence electrons. The maximum atomic E-state index is 11.1. The molecule has 0 amide bonds. The zero-order chi connectivity index (χ0) is 16.7. The van der Waals surface area contributed by atoms with Crippen molar-refractivity contribution in [2.75, 3.05) is 6.61 Å². The summed E-state index contributed by atoms with van der Waals surface area (Å²) in [5.74, 6) is 0. The third-order valence-electron chi connectivity index (χ3n) is 5.83. The van der Waals surface area contributed by atoms with Crippen LogP contribution in [-0.2, 0) is 9.47 Å². The van der Waals surface area contributed by atoms with Gasteiger partial charge in [-0.3, -0.25) is 0 Å². The van der Waals surface area contributed by atoms with Crippen molar-refractivity contribution < 1.29 is 14.6 Å². The minimum atomic E-state index is -0.926. The molecule has 3 aliphatic rings. The van der Waals surface area contributed by atoms with E-state index in [1.165, 1.54) is 11.1 Å². The largest absolute Gasteiger partial charge is 0.382 e. The topological polar surface area (TPSA) is 42.0 Å². The number of epoxide rings is 1. The maximum absolute atomic E-state index is 11.1. The van der Waals surface area contributed by atoms with Crippen LogP contribution in [0.25, 0.3) is 0 Å². The van der Waals surface area contributed by atoms with Gasteiger partial charge in [0.05, 0.1) is 18.3 Å². The Bertz CT molecular complexity index is 547. The van der Waals surface area contributed by atoms with E-state index in [4.69, 9.17) is 9.47 Å². The SMILES string of the molecule is C=C1CO[C@@H]2/C=C(\C)CC[C@H]3O[C@]3(C)CC/C=C(\C)CC[C@]12O. The standard InChI is InChI=1S/C20H30O3/c1-14-6-5-10-19(4)17(23-19)8-7-15(2)12-18-20(21,11-9-14)16(3)13-22-18/h6,12,17-18,21H,3,5,7-11,13H2,1-2,4H3/b14-6+,15-12+/t17-,18-,19-,20+/m1/s1. The van der Waals surface area contributed by atoms with Crippen LogP contribution in [0.1, 0.15) is 59.3 Å². The molecule has 23 heavy (non-hydrogen) atoms. The van der Waals surface area contributed by atoms with E-state index in [0.29, 0.717) is 19.1 Å². The van der Waals surface area contributed by atoms with E-state index in [-0.39, 0.29) is 11.7 Å². The molecular weight excluding hydrogens is 288 g/mol. The fourth-order valence-corrected chi connectivity index (χ4v) is 3.83. The van der Waals surface area contributed by atoms with Crippen molar-refractivity contribution >= 4 is 0 Å². The molecule has 0 aromatic carbocycles. The van der Waals surface area contributed by atoms with Gasteiger partial charge in [-0.15, -0.1) is 0 Å². The van der Waals surface area contributed by atoms with Gasteiger partial charge in [0.2, 0.25) is 0 Å². The average molecular weight is 318 g/mol. The number of hydrogen-bond acceptors (Lipinski definition) is 3. The Morgan fingerprint density at radius 2 is 2.00 bits per heavy atom. The molecular formula is C20H30O3. The molecule has 1 N–H and O–H groups in total. The number of hydrogen-bond donors (Lipinski definition) is 1. The van der Waals surface area contributed by atoms with Crippen LogP contribution in [0.3, 0.4) is 0 Å². The highest BCUT2D eigenvalue weighted by Crippen LogP contribution is 2.44. The monoisotopic (exact) mass is 318 g/mol. The summed E-state index contributed by atoms with van der Waals surface area (Å²) >= 11 is 0. The van der Waals surface area contributed by atoms with Crippen LogP contribution in [0.4, 0.5) is 0 Å². The van der Waals surface area contributed by atoms with Crippen molar-refractivity contribution in [1.82, 2.24) is 0 Å². The van der Waals surface area contributed by atoms with E-state index in [1.807, 2.05) is 0 Å². The van der Waals surface area contributed by atoms with E-state index in [9.17, 15) is 5.11 Å². The van der Waals surface area contributed by atoms with E-state index in [0.717, 1.165) is 37.7 Å². The third-order valence-corrected chi connectivity index (χ3v) is 5.83. The van der Waals surface area contributed by atoms with Gasteiger partial charge in [-0.25, -0.2) is 0 Å². The van der Waals surface area contributed by atoms with Crippen LogP contribution in [0.15, 0.2) is 35.5 Å². The lowest BCUT2D eigenvalue weighted by atomic mass is 9.84. The Morgan fingerprint density at radius 1 is 1.22 bits per heavy atom. The maximum Gasteiger partial charge on any atom is 0.118 e. The Balaban J connectivity index is 1.80. The summed E-state index contributed by atoms with van der Waals surface area (Å²) in [4.78, 5) is 0. The molecule has 0 radical (unpaired) electrons. The summed E-state index contributed by atoms with van der Waals surface area (Å²) < 4.78 is 11.8. The van der Waals surface area contributed by atoms with Gasteiger partial charge in [-0.05, 0) is 64.9 Å². The first-order chi connectivity index (χ1) is 10.8. The minimum absolute atomic E-state index is 0.0695. The van der Waals surface area contributed by atoms with Crippen LogP contribution in [0.5, 0.6) is 0 Å². The first-order valence-electron chi connectivity index (χ1n) is 8.86. The summed E-state index contributed by atoms with van der Waals surface area (Å²) in [5.41, 5.74) is 2.55. The molecule has 0 bridgehead atoms. The van der Waals surface area contributed by atoms with Gasteiger partial charge >= 0.3 is 0 Å². The minimum Gasteiger partial charge on any atom is -0.382 e. The highest BCUT2D eigenvalue weighted by molar-refractivity contribution is 5.27. The number of fused-ring (bicyclic) bond motifs is 2. The lowest BCUT2D eigenvalue weighted by Crippen LogP contribution is -2.38. The van der Waals surface area contributed by atoms with Crippen molar-refractivity contribution in [2.45, 2.75) is 82.7 Å². The van der Waals surface area contributed by atoms with Gasteiger partial charge in [0.15, 0.2) is 0 Å². The second-order valence-electron chi connectivity index (χ2n) is 7.82. The smallest absolute Gasteiger partial charge is 0.118 e. The molecule has 3 rings (SSSR count). The summed E-state index contributed by atoms with van der Waals surface area (Å²) in [7, 11) is 0. The van der Waals surface area contributed by atoms with Gasteiger partial charge in [0, 0.05) is 0 Å². The quantitative estimate of drug-likeness (QED) is 0.540. The average Bonchev–Trinajstić information content (AvgIpc) is 3.07. The molecule has 0 aromatic heterocycles. The predicted molar refractivity (Wildman–Crippen MR) is 92.3 cm³/mol. The summed E-state index contributed by atoms with van der Waals surface area (Å²) in [5, 5.41) is 11.1. The summed E-state index contributed by atoms with van der Waals surface area (Å²) in [6.07, 6.45) is 10.2. The Morgan fingerprint density at radius 3 is 2.78 bits per heavy atom. The second-order valence-corrected chi connectivity index (χ2v) is 7.82. The fraction of sp³-hybridized carbons (Fsp3) is 0.700. The van der Waals surface area contributed by atoms with Crippen molar-refractivity contribution in [3.05, 3.63) is 35.5 Å². The molecule has 0 aromatic rings. The van der Waals surface area contributed by atoms with Gasteiger partial charge in [-0.2, -0.15) is 0 Å². The molecule has 2 aliphatic heterocycles. The molecule has 3 heteroatoms. The zero-order valence-corrected chi connectivity index (χ0v) is 14.7. The molecule has 3 nitrogen and oxygen atoms in total. The lowest BCUT2D eigenvalue weighted by Gasteiger charge is -2.28. The van der Waals surface area contributed by atoms with Crippen molar-refractivity contribution in [3.63, 3.8) is 0 Å². The van der Waals surface area contributed by atoms with E-state index in [1.54, 1.807) is 0 Å². The normalized spacial score (nSPS) is 46.7. The van der Waals surface area contributed by atoms with Crippen LogP contribution >= 0.6 is 0 Å². The van der Waals surface area contributed by atoms with Crippen molar-refractivity contribution in [2.24, 2.45) is 0 Å². The first-order valence-corrected chi connectivity index (χ1v) is 8.86.